The van der Waals surface area contributed by atoms with Gasteiger partial charge < -0.3 is 25.8 Å². The summed E-state index contributed by atoms with van der Waals surface area (Å²) in [6.07, 6.45) is 1.65. The highest BCUT2D eigenvalue weighted by molar-refractivity contribution is 5.94. The standard InChI is InChI=1S/C31H45N5O4/c1-4-40-29(38)13-7-12-28(32)34-14-16-35(17-15-34)31(39)26-10-5-8-24(18-26)30(25-9-6-11-27(37)19-25)36-21-22(2)33-20-23(36)3/h5-6,8-11,18-19,22-23,28,30,33,37H,4,7,12-17,20-21,32H2,1-3H3/t22-,23-,28?,30?/m1/s1. The second-order valence-electron chi connectivity index (χ2n) is 11.1. The van der Waals surface area contributed by atoms with Gasteiger partial charge in [-0.15, -0.1) is 0 Å². The van der Waals surface area contributed by atoms with E-state index in [0.717, 1.165) is 24.2 Å². The summed E-state index contributed by atoms with van der Waals surface area (Å²) in [5.74, 6) is 0.0795. The summed E-state index contributed by atoms with van der Waals surface area (Å²) < 4.78 is 5.00. The van der Waals surface area contributed by atoms with Gasteiger partial charge in [0.1, 0.15) is 5.75 Å². The third kappa shape index (κ3) is 7.60. The number of phenols is 1. The molecule has 0 aromatic heterocycles. The minimum Gasteiger partial charge on any atom is -0.508 e. The summed E-state index contributed by atoms with van der Waals surface area (Å²) in [7, 11) is 0. The number of carbonyl (C=O) groups excluding carboxylic acids is 2. The van der Waals surface area contributed by atoms with Crippen LogP contribution >= 0.6 is 0 Å². The predicted octanol–water partition coefficient (Wildman–Crippen LogP) is 2.94. The van der Waals surface area contributed by atoms with E-state index in [4.69, 9.17) is 10.5 Å². The number of nitrogens with zero attached hydrogens (tertiary/aromatic N) is 3. The molecule has 0 saturated carbocycles. The van der Waals surface area contributed by atoms with Crippen LogP contribution < -0.4 is 11.1 Å². The van der Waals surface area contributed by atoms with Crippen LogP contribution in [0.1, 0.15) is 67.6 Å². The minimum atomic E-state index is -0.181. The molecular weight excluding hydrogens is 506 g/mol. The molecule has 9 heteroatoms. The van der Waals surface area contributed by atoms with Crippen LogP contribution in [-0.2, 0) is 9.53 Å². The average molecular weight is 552 g/mol. The topological polar surface area (TPSA) is 111 Å². The fourth-order valence-electron chi connectivity index (χ4n) is 5.83. The molecule has 2 fully saturated rings. The monoisotopic (exact) mass is 551 g/mol. The van der Waals surface area contributed by atoms with Crippen molar-refractivity contribution in [1.82, 2.24) is 20.0 Å². The second-order valence-corrected chi connectivity index (χ2v) is 11.1. The molecule has 0 bridgehead atoms. The van der Waals surface area contributed by atoms with Gasteiger partial charge in [-0.1, -0.05) is 24.3 Å². The summed E-state index contributed by atoms with van der Waals surface area (Å²) in [5.41, 5.74) is 9.12. The fraction of sp³-hybridized carbons (Fsp3) is 0.548. The van der Waals surface area contributed by atoms with Crippen molar-refractivity contribution in [3.63, 3.8) is 0 Å². The van der Waals surface area contributed by atoms with Crippen molar-refractivity contribution in [2.24, 2.45) is 5.73 Å². The quantitative estimate of drug-likeness (QED) is 0.387. The van der Waals surface area contributed by atoms with E-state index in [0.29, 0.717) is 63.7 Å². The number of esters is 1. The minimum absolute atomic E-state index is 0.0220. The number of hydrogen-bond acceptors (Lipinski definition) is 8. The molecule has 2 aliphatic heterocycles. The number of phenolic OH excluding ortho intramolecular Hbond substituents is 1. The molecule has 4 rings (SSSR count). The zero-order valence-electron chi connectivity index (χ0n) is 24.1. The van der Waals surface area contributed by atoms with Crippen LogP contribution in [0.5, 0.6) is 5.75 Å². The Morgan fingerprint density at radius 2 is 1.77 bits per heavy atom. The lowest BCUT2D eigenvalue weighted by molar-refractivity contribution is -0.143. The molecule has 2 aromatic carbocycles. The SMILES string of the molecule is CCOC(=O)CCCC(N)N1CCN(C(=O)c2cccc(C(c3cccc(O)c3)N3C[C@@H](C)NC[C@H]3C)c2)CC1. The van der Waals surface area contributed by atoms with Crippen LogP contribution in [0.15, 0.2) is 48.5 Å². The number of nitrogens with two attached hydrogens (primary N) is 1. The number of nitrogens with one attached hydrogen (secondary N) is 1. The van der Waals surface area contributed by atoms with Crippen LogP contribution in [0, 0.1) is 0 Å². The van der Waals surface area contributed by atoms with Crippen LogP contribution in [0.4, 0.5) is 0 Å². The first-order valence-electron chi connectivity index (χ1n) is 14.6. The van der Waals surface area contributed by atoms with Crippen molar-refractivity contribution >= 4 is 11.9 Å². The van der Waals surface area contributed by atoms with Gasteiger partial charge in [0.2, 0.25) is 0 Å². The Hall–Kier alpha value is -2.98. The molecule has 218 valence electrons. The van der Waals surface area contributed by atoms with E-state index >= 15 is 0 Å². The highest BCUT2D eigenvalue weighted by atomic mass is 16.5. The molecule has 0 aliphatic carbocycles. The maximum absolute atomic E-state index is 13.6. The lowest BCUT2D eigenvalue weighted by Crippen LogP contribution is -2.55. The van der Waals surface area contributed by atoms with Gasteiger partial charge in [-0.05, 0) is 69.0 Å². The normalized spacial score (nSPS) is 22.1. The van der Waals surface area contributed by atoms with E-state index < -0.39 is 0 Å². The van der Waals surface area contributed by atoms with Crippen molar-refractivity contribution in [2.45, 2.75) is 64.3 Å². The predicted molar refractivity (Wildman–Crippen MR) is 156 cm³/mol. The van der Waals surface area contributed by atoms with Crippen LogP contribution in [0.25, 0.3) is 0 Å². The van der Waals surface area contributed by atoms with Gasteiger partial charge in [0.15, 0.2) is 0 Å². The summed E-state index contributed by atoms with van der Waals surface area (Å²) in [4.78, 5) is 31.8. The largest absolute Gasteiger partial charge is 0.508 e. The number of aromatic hydroxyl groups is 1. The highest BCUT2D eigenvalue weighted by Crippen LogP contribution is 2.34. The lowest BCUT2D eigenvalue weighted by Gasteiger charge is -2.43. The summed E-state index contributed by atoms with van der Waals surface area (Å²) in [5, 5.41) is 13.8. The van der Waals surface area contributed by atoms with E-state index in [1.807, 2.05) is 41.3 Å². The Kier molecular flexibility index (Phi) is 10.6. The van der Waals surface area contributed by atoms with Crippen LogP contribution in [-0.4, -0.2) is 95.8 Å². The van der Waals surface area contributed by atoms with E-state index in [-0.39, 0.29) is 35.9 Å². The average Bonchev–Trinajstić information content (AvgIpc) is 2.95. The number of carbonyl (C=O) groups is 2. The van der Waals surface area contributed by atoms with Gasteiger partial charge in [0, 0.05) is 63.3 Å². The van der Waals surface area contributed by atoms with E-state index in [9.17, 15) is 14.7 Å². The first kappa shape index (κ1) is 30.0. The van der Waals surface area contributed by atoms with Gasteiger partial charge in [0.25, 0.3) is 5.91 Å². The highest BCUT2D eigenvalue weighted by Gasteiger charge is 2.32. The van der Waals surface area contributed by atoms with Crippen molar-refractivity contribution < 1.29 is 19.4 Å². The number of rotatable bonds is 10. The molecule has 2 aromatic rings. The van der Waals surface area contributed by atoms with E-state index in [1.54, 1.807) is 13.0 Å². The third-order valence-electron chi connectivity index (χ3n) is 8.04. The van der Waals surface area contributed by atoms with Gasteiger partial charge in [0.05, 0.1) is 18.8 Å². The fourth-order valence-corrected chi connectivity index (χ4v) is 5.83. The molecule has 40 heavy (non-hydrogen) atoms. The van der Waals surface area contributed by atoms with Crippen molar-refractivity contribution in [1.29, 1.82) is 0 Å². The number of amides is 1. The molecule has 0 spiro atoms. The first-order valence-corrected chi connectivity index (χ1v) is 14.6. The number of ether oxygens (including phenoxy) is 1. The van der Waals surface area contributed by atoms with Gasteiger partial charge in [-0.25, -0.2) is 0 Å². The summed E-state index contributed by atoms with van der Waals surface area (Å²) >= 11 is 0. The van der Waals surface area contributed by atoms with Gasteiger partial charge in [-0.3, -0.25) is 19.4 Å². The molecule has 2 unspecified atom stereocenters. The van der Waals surface area contributed by atoms with E-state index in [2.05, 4.69) is 35.0 Å². The maximum atomic E-state index is 13.6. The zero-order valence-corrected chi connectivity index (χ0v) is 24.1. The molecule has 0 radical (unpaired) electrons. The Morgan fingerprint density at radius 1 is 1.07 bits per heavy atom. The molecule has 2 heterocycles. The molecule has 9 nitrogen and oxygen atoms in total. The second kappa shape index (κ2) is 14.1. The molecule has 2 aliphatic rings. The number of hydrogen-bond donors (Lipinski definition) is 3. The third-order valence-corrected chi connectivity index (χ3v) is 8.04. The zero-order chi connectivity index (χ0) is 28.6. The lowest BCUT2D eigenvalue weighted by atomic mass is 9.92. The van der Waals surface area contributed by atoms with Crippen molar-refractivity contribution in [2.75, 3.05) is 45.9 Å². The Balaban J connectivity index is 1.44. The van der Waals surface area contributed by atoms with E-state index in [1.165, 1.54) is 0 Å². The maximum Gasteiger partial charge on any atom is 0.305 e. The van der Waals surface area contributed by atoms with Crippen LogP contribution in [0.3, 0.4) is 0 Å². The molecule has 2 saturated heterocycles. The van der Waals surface area contributed by atoms with Gasteiger partial charge in [-0.2, -0.15) is 0 Å². The number of benzene rings is 2. The molecule has 4 N–H and O–H groups in total. The summed E-state index contributed by atoms with van der Waals surface area (Å²) in [6.45, 7) is 11.0. The Labute approximate surface area is 238 Å². The van der Waals surface area contributed by atoms with Crippen LogP contribution in [0.2, 0.25) is 0 Å². The number of piperazine rings is 2. The Bertz CT molecular complexity index is 1140. The molecule has 4 atom stereocenters. The summed E-state index contributed by atoms with van der Waals surface area (Å²) in [6, 6.07) is 16.0. The molecular formula is C31H45N5O4. The van der Waals surface area contributed by atoms with Crippen molar-refractivity contribution in [3.05, 3.63) is 65.2 Å². The Morgan fingerprint density at radius 3 is 2.48 bits per heavy atom. The smallest absolute Gasteiger partial charge is 0.305 e. The van der Waals surface area contributed by atoms with Gasteiger partial charge >= 0.3 is 5.97 Å². The molecule has 1 amide bonds. The first-order chi connectivity index (χ1) is 19.3. The van der Waals surface area contributed by atoms with Crippen molar-refractivity contribution in [3.8, 4) is 5.75 Å².